The lowest BCUT2D eigenvalue weighted by Crippen LogP contribution is -2.49. The average Bonchev–Trinajstić information content (AvgIpc) is 3.20. The molecule has 2 aliphatic heterocycles. The van der Waals surface area contributed by atoms with Gasteiger partial charge in [-0.05, 0) is 13.8 Å². The number of aliphatic hydroxyl groups excluding tert-OH is 3. The van der Waals surface area contributed by atoms with E-state index < -0.39 is 36.7 Å². The van der Waals surface area contributed by atoms with Gasteiger partial charge in [0.25, 0.3) is 5.56 Å². The minimum absolute atomic E-state index is 0.0678. The van der Waals surface area contributed by atoms with Crippen molar-refractivity contribution in [2.75, 3.05) is 43.4 Å². The van der Waals surface area contributed by atoms with Crippen LogP contribution < -0.4 is 16.2 Å². The third-order valence-electron chi connectivity index (χ3n) is 5.65. The quantitative estimate of drug-likeness (QED) is 0.375. The zero-order valence-electron chi connectivity index (χ0n) is 16.4. The van der Waals surface area contributed by atoms with Gasteiger partial charge in [-0.1, -0.05) is 0 Å². The van der Waals surface area contributed by atoms with Gasteiger partial charge in [0.15, 0.2) is 17.4 Å². The number of H-pyrrole nitrogens is 1. The number of imidazole rings is 1. The van der Waals surface area contributed by atoms with E-state index in [4.69, 9.17) is 10.5 Å². The number of hydrogen-bond donors (Lipinski definition) is 5. The molecule has 0 unspecified atom stereocenters. The third-order valence-corrected chi connectivity index (χ3v) is 5.65. The second kappa shape index (κ2) is 7.54. The van der Waals surface area contributed by atoms with Gasteiger partial charge in [0.05, 0.1) is 6.61 Å². The number of fused-ring (bicyclic) bond motifs is 1. The topological polar surface area (TPSA) is 166 Å². The first-order valence-corrected chi connectivity index (χ1v) is 9.71. The molecule has 12 nitrogen and oxygen atoms in total. The fourth-order valence-corrected chi connectivity index (χ4v) is 3.98. The van der Waals surface area contributed by atoms with E-state index in [1.165, 1.54) is 4.57 Å². The largest absolute Gasteiger partial charge is 0.394 e. The van der Waals surface area contributed by atoms with E-state index in [-0.39, 0.29) is 17.1 Å². The minimum atomic E-state index is -1.33. The molecule has 0 amide bonds. The Balaban J connectivity index is 1.79. The summed E-state index contributed by atoms with van der Waals surface area (Å²) in [4.78, 5) is 27.8. The maximum atomic E-state index is 12.4. The van der Waals surface area contributed by atoms with Crippen molar-refractivity contribution >= 4 is 23.1 Å². The van der Waals surface area contributed by atoms with Crippen LogP contribution in [-0.4, -0.2) is 96.9 Å². The molecule has 160 valence electrons. The number of piperazine rings is 1. The van der Waals surface area contributed by atoms with Gasteiger partial charge in [-0.2, -0.15) is 4.98 Å². The van der Waals surface area contributed by atoms with Crippen molar-refractivity contribution in [1.82, 2.24) is 24.4 Å². The summed E-state index contributed by atoms with van der Waals surface area (Å²) in [6.45, 7) is 6.74. The molecule has 2 fully saturated rings. The fraction of sp³-hybridized carbons (Fsp3) is 0.706. The summed E-state index contributed by atoms with van der Waals surface area (Å²) < 4.78 is 7.20. The summed E-state index contributed by atoms with van der Waals surface area (Å²) in [6.07, 6.45) is -4.65. The van der Waals surface area contributed by atoms with Crippen LogP contribution in [0.15, 0.2) is 4.79 Å². The normalized spacial score (nSPS) is 28.7. The maximum absolute atomic E-state index is 12.4. The van der Waals surface area contributed by atoms with Crippen molar-refractivity contribution < 1.29 is 20.1 Å². The molecule has 0 spiro atoms. The number of nitrogens with one attached hydrogen (secondary N) is 1. The van der Waals surface area contributed by atoms with Gasteiger partial charge in [-0.25, -0.2) is 4.98 Å². The number of rotatable bonds is 4. The molecule has 2 aromatic rings. The number of hydrogen-bond acceptors (Lipinski definition) is 10. The molecule has 0 bridgehead atoms. The number of nitrogens with zero attached hydrogens (tertiary/aromatic N) is 5. The molecular weight excluding hydrogens is 382 g/mol. The fourth-order valence-electron chi connectivity index (χ4n) is 3.98. The third kappa shape index (κ3) is 3.36. The number of anilines is 2. The first kappa shape index (κ1) is 20.0. The van der Waals surface area contributed by atoms with Crippen LogP contribution >= 0.6 is 0 Å². The van der Waals surface area contributed by atoms with Crippen LogP contribution in [0.25, 0.3) is 11.2 Å². The van der Waals surface area contributed by atoms with Crippen molar-refractivity contribution in [2.45, 2.75) is 44.4 Å². The van der Waals surface area contributed by atoms with Crippen LogP contribution in [0.3, 0.4) is 0 Å². The predicted octanol–water partition coefficient (Wildman–Crippen LogP) is -2.16. The molecule has 2 aliphatic rings. The Morgan fingerprint density at radius 1 is 1.21 bits per heavy atom. The lowest BCUT2D eigenvalue weighted by molar-refractivity contribution is -0.0505. The molecule has 4 rings (SSSR count). The van der Waals surface area contributed by atoms with Crippen molar-refractivity contribution in [3.05, 3.63) is 10.4 Å². The van der Waals surface area contributed by atoms with Crippen molar-refractivity contribution in [3.63, 3.8) is 0 Å². The summed E-state index contributed by atoms with van der Waals surface area (Å²) in [5.74, 6) is 0.313. The van der Waals surface area contributed by atoms with E-state index in [1.54, 1.807) is 0 Å². The molecule has 0 saturated carbocycles. The van der Waals surface area contributed by atoms with Crippen LogP contribution in [-0.2, 0) is 4.74 Å². The lowest BCUT2D eigenvalue weighted by Gasteiger charge is -2.38. The highest BCUT2D eigenvalue weighted by Crippen LogP contribution is 2.35. The summed E-state index contributed by atoms with van der Waals surface area (Å²) >= 11 is 0. The molecule has 2 saturated heterocycles. The van der Waals surface area contributed by atoms with E-state index in [2.05, 4.69) is 33.7 Å². The maximum Gasteiger partial charge on any atom is 0.280 e. The van der Waals surface area contributed by atoms with E-state index in [1.807, 2.05) is 4.90 Å². The van der Waals surface area contributed by atoms with Crippen molar-refractivity contribution in [1.29, 1.82) is 0 Å². The molecule has 12 heteroatoms. The smallest absolute Gasteiger partial charge is 0.280 e. The standard InChI is InChI=1S/C17H27N7O5/c1-8(2)22-3-5-23(6-4-22)17-19-10-13(20-16(18)21-14(10)28)24(17)15-12(27)11(26)9(7-25)29-15/h8-9,11-12,15,25-27H,3-7H2,1-2H3,(H3,18,20,21,28)/t9-,11+,12-,15-/m0/s1. The Hall–Kier alpha value is -2.25. The summed E-state index contributed by atoms with van der Waals surface area (Å²) in [5.41, 5.74) is 5.45. The van der Waals surface area contributed by atoms with E-state index >= 15 is 0 Å². The summed E-state index contributed by atoms with van der Waals surface area (Å²) in [6, 6.07) is 0.417. The minimum Gasteiger partial charge on any atom is -0.394 e. The average molecular weight is 409 g/mol. The van der Waals surface area contributed by atoms with E-state index in [9.17, 15) is 20.1 Å². The Bertz CT molecular complexity index is 936. The zero-order chi connectivity index (χ0) is 20.9. The van der Waals surface area contributed by atoms with E-state index in [0.29, 0.717) is 25.1 Å². The van der Waals surface area contributed by atoms with Gasteiger partial charge in [0, 0.05) is 32.2 Å². The molecule has 2 aromatic heterocycles. The van der Waals surface area contributed by atoms with Gasteiger partial charge in [-0.3, -0.25) is 19.2 Å². The molecule has 0 aliphatic carbocycles. The SMILES string of the molecule is CC(C)N1CCN(c2nc3c(=O)[nH]c(N)nc3n2[C@H]2O[C@@H](CO)[C@@H](O)[C@@H]2O)CC1. The Morgan fingerprint density at radius 2 is 1.90 bits per heavy atom. The lowest BCUT2D eigenvalue weighted by atomic mass is 10.1. The molecule has 0 aromatic carbocycles. The Kier molecular flexibility index (Phi) is 5.21. The molecule has 4 heterocycles. The molecular formula is C17H27N7O5. The van der Waals surface area contributed by atoms with Crippen LogP contribution in [0.5, 0.6) is 0 Å². The van der Waals surface area contributed by atoms with Gasteiger partial charge >= 0.3 is 0 Å². The number of aliphatic hydroxyl groups is 3. The number of nitrogens with two attached hydrogens (primary N) is 1. The van der Waals surface area contributed by atoms with Gasteiger partial charge in [-0.15, -0.1) is 0 Å². The van der Waals surface area contributed by atoms with Crippen LogP contribution in [0.1, 0.15) is 20.1 Å². The highest BCUT2D eigenvalue weighted by Gasteiger charge is 2.45. The number of ether oxygens (including phenoxy) is 1. The molecule has 6 N–H and O–H groups in total. The zero-order valence-corrected chi connectivity index (χ0v) is 16.4. The second-order valence-corrected chi connectivity index (χ2v) is 7.75. The summed E-state index contributed by atoms with van der Waals surface area (Å²) in [7, 11) is 0. The highest BCUT2D eigenvalue weighted by molar-refractivity contribution is 5.75. The first-order chi connectivity index (χ1) is 13.8. The van der Waals surface area contributed by atoms with Gasteiger partial charge in [0.1, 0.15) is 18.3 Å². The molecule has 4 atom stereocenters. The number of aromatic nitrogens is 4. The number of nitrogen functional groups attached to an aromatic ring is 1. The van der Waals surface area contributed by atoms with Gasteiger partial charge in [0.2, 0.25) is 11.9 Å². The van der Waals surface area contributed by atoms with Crippen LogP contribution in [0.4, 0.5) is 11.9 Å². The van der Waals surface area contributed by atoms with E-state index in [0.717, 1.165) is 13.1 Å². The monoisotopic (exact) mass is 409 g/mol. The van der Waals surface area contributed by atoms with Crippen LogP contribution in [0, 0.1) is 0 Å². The second-order valence-electron chi connectivity index (χ2n) is 7.75. The highest BCUT2D eigenvalue weighted by atomic mass is 16.6. The molecule has 29 heavy (non-hydrogen) atoms. The predicted molar refractivity (Wildman–Crippen MR) is 104 cm³/mol. The van der Waals surface area contributed by atoms with Crippen molar-refractivity contribution in [2.24, 2.45) is 0 Å². The Morgan fingerprint density at radius 3 is 2.48 bits per heavy atom. The van der Waals surface area contributed by atoms with Crippen LogP contribution in [0.2, 0.25) is 0 Å². The van der Waals surface area contributed by atoms with Crippen molar-refractivity contribution in [3.8, 4) is 0 Å². The number of aromatic amines is 1. The summed E-state index contributed by atoms with van der Waals surface area (Å²) in [5, 5.41) is 30.2. The Labute approximate surface area is 166 Å². The molecule has 0 radical (unpaired) electrons. The first-order valence-electron chi connectivity index (χ1n) is 9.71. The van der Waals surface area contributed by atoms with Gasteiger partial charge < -0.3 is 30.7 Å².